The lowest BCUT2D eigenvalue weighted by molar-refractivity contribution is -0.161. The van der Waals surface area contributed by atoms with Gasteiger partial charge in [0.2, 0.25) is 0 Å². The van der Waals surface area contributed by atoms with Crippen molar-refractivity contribution in [3.8, 4) is 0 Å². The Bertz CT molecular complexity index is 1250. The molecule has 5 heteroatoms. The Balaban J connectivity index is 3.49. The van der Waals surface area contributed by atoms with Crippen LogP contribution < -0.4 is 0 Å². The predicted octanol–water partition coefficient (Wildman–Crippen LogP) is 19.8. The first-order valence-electron chi connectivity index (χ1n) is 29.1. The average Bonchev–Trinajstić information content (AvgIpc) is 3.34. The molecule has 0 aromatic rings. The van der Waals surface area contributed by atoms with Gasteiger partial charge in [-0.2, -0.15) is 0 Å². The van der Waals surface area contributed by atoms with Crippen molar-refractivity contribution < 1.29 is 24.2 Å². The average molecular weight is 948 g/mol. The van der Waals surface area contributed by atoms with Crippen LogP contribution in [0.15, 0.2) is 85.1 Å². The smallest absolute Gasteiger partial charge is 0.306 e. The molecule has 0 spiro atoms. The van der Waals surface area contributed by atoms with Crippen molar-refractivity contribution in [2.24, 2.45) is 0 Å². The second kappa shape index (κ2) is 58.4. The highest BCUT2D eigenvalue weighted by Gasteiger charge is 2.16. The first-order chi connectivity index (χ1) is 33.6. The van der Waals surface area contributed by atoms with Crippen LogP contribution in [0.1, 0.15) is 284 Å². The highest BCUT2D eigenvalue weighted by atomic mass is 16.6. The number of unbranched alkanes of at least 4 members (excludes halogenated alkanes) is 31. The molecule has 0 aliphatic heterocycles. The number of rotatable bonds is 53. The fourth-order valence-electron chi connectivity index (χ4n) is 8.32. The molecule has 0 saturated heterocycles. The highest BCUT2D eigenvalue weighted by Crippen LogP contribution is 2.16. The maximum atomic E-state index is 12.3. The zero-order chi connectivity index (χ0) is 49.2. The fourth-order valence-corrected chi connectivity index (χ4v) is 8.32. The highest BCUT2D eigenvalue weighted by molar-refractivity contribution is 5.70. The van der Waals surface area contributed by atoms with Gasteiger partial charge >= 0.3 is 11.9 Å². The standard InChI is InChI=1S/C63H110O5/c1-3-5-7-9-11-13-15-17-19-21-23-25-27-29-30-31-32-34-36-38-40-42-44-46-48-50-52-54-56-58-63(66)68-61(59-64)60-67-62(65)57-55-53-51-49-47-45-43-41-39-37-35-33-28-26-24-22-20-18-16-14-12-10-8-6-4-2/h5,7,11,13,16-19,22-25,29-30,61,64H,3-4,6,8-10,12,14-15,20-21,26-28,31-60H2,1-2H3/b7-5-,13-11-,18-16-,19-17-,24-22-,25-23-,30-29-. The maximum absolute atomic E-state index is 12.3. The summed E-state index contributed by atoms with van der Waals surface area (Å²) in [5.41, 5.74) is 0. The van der Waals surface area contributed by atoms with Gasteiger partial charge in [0.25, 0.3) is 0 Å². The van der Waals surface area contributed by atoms with Gasteiger partial charge in [0, 0.05) is 12.8 Å². The third-order valence-electron chi connectivity index (χ3n) is 12.7. The molecule has 0 radical (unpaired) electrons. The van der Waals surface area contributed by atoms with E-state index in [2.05, 4.69) is 98.9 Å². The minimum absolute atomic E-state index is 0.0678. The molecule has 0 amide bonds. The zero-order valence-electron chi connectivity index (χ0n) is 44.9. The van der Waals surface area contributed by atoms with E-state index < -0.39 is 6.10 Å². The van der Waals surface area contributed by atoms with Crippen molar-refractivity contribution in [3.63, 3.8) is 0 Å². The fraction of sp³-hybridized carbons (Fsp3) is 0.746. The van der Waals surface area contributed by atoms with Gasteiger partial charge in [0.15, 0.2) is 6.10 Å². The van der Waals surface area contributed by atoms with Crippen molar-refractivity contribution >= 4 is 11.9 Å². The van der Waals surface area contributed by atoms with Gasteiger partial charge in [0.05, 0.1) is 6.61 Å². The summed E-state index contributed by atoms with van der Waals surface area (Å²) in [6.07, 6.45) is 81.3. The van der Waals surface area contributed by atoms with Gasteiger partial charge in [-0.1, -0.05) is 266 Å². The van der Waals surface area contributed by atoms with Crippen LogP contribution in [0.4, 0.5) is 0 Å². The van der Waals surface area contributed by atoms with Crippen molar-refractivity contribution in [2.75, 3.05) is 13.2 Å². The number of allylic oxidation sites excluding steroid dienone is 14. The molecule has 0 aromatic heterocycles. The molecule has 68 heavy (non-hydrogen) atoms. The molecule has 1 N–H and O–H groups in total. The zero-order valence-corrected chi connectivity index (χ0v) is 44.9. The van der Waals surface area contributed by atoms with E-state index in [-0.39, 0.29) is 25.2 Å². The molecule has 0 fully saturated rings. The second-order valence-electron chi connectivity index (χ2n) is 19.3. The third-order valence-corrected chi connectivity index (χ3v) is 12.7. The van der Waals surface area contributed by atoms with Crippen LogP contribution in [-0.2, 0) is 19.1 Å². The lowest BCUT2D eigenvalue weighted by atomic mass is 10.0. The topological polar surface area (TPSA) is 72.8 Å². The summed E-state index contributed by atoms with van der Waals surface area (Å²) in [6.45, 7) is 4.04. The van der Waals surface area contributed by atoms with Crippen LogP contribution in [0.3, 0.4) is 0 Å². The minimum atomic E-state index is -0.777. The first-order valence-corrected chi connectivity index (χ1v) is 29.1. The van der Waals surface area contributed by atoms with E-state index in [4.69, 9.17) is 9.47 Å². The van der Waals surface area contributed by atoms with Gasteiger partial charge in [-0.15, -0.1) is 0 Å². The maximum Gasteiger partial charge on any atom is 0.306 e. The first kappa shape index (κ1) is 65.1. The van der Waals surface area contributed by atoms with Crippen molar-refractivity contribution in [2.45, 2.75) is 290 Å². The summed E-state index contributed by atoms with van der Waals surface area (Å²) in [7, 11) is 0. The van der Waals surface area contributed by atoms with Crippen LogP contribution in [0, 0.1) is 0 Å². The van der Waals surface area contributed by atoms with Crippen molar-refractivity contribution in [1.82, 2.24) is 0 Å². The van der Waals surface area contributed by atoms with E-state index in [1.54, 1.807) is 0 Å². The molecule has 0 saturated carbocycles. The second-order valence-corrected chi connectivity index (χ2v) is 19.3. The molecule has 0 aliphatic rings. The summed E-state index contributed by atoms with van der Waals surface area (Å²) in [5.74, 6) is -0.586. The van der Waals surface area contributed by atoms with Crippen LogP contribution >= 0.6 is 0 Å². The largest absolute Gasteiger partial charge is 0.462 e. The van der Waals surface area contributed by atoms with E-state index >= 15 is 0 Å². The molecule has 392 valence electrons. The Hall–Kier alpha value is -2.92. The molecule has 1 unspecified atom stereocenters. The van der Waals surface area contributed by atoms with Gasteiger partial charge in [-0.3, -0.25) is 9.59 Å². The molecule has 0 aromatic carbocycles. The van der Waals surface area contributed by atoms with Gasteiger partial charge in [-0.05, 0) is 89.9 Å². The molecular formula is C63H110O5. The molecule has 0 aliphatic carbocycles. The number of carbonyl (C=O) groups excluding carboxylic acids is 2. The molecule has 0 rings (SSSR count). The van der Waals surface area contributed by atoms with Crippen molar-refractivity contribution in [1.29, 1.82) is 0 Å². The lowest BCUT2D eigenvalue weighted by Crippen LogP contribution is -2.28. The monoisotopic (exact) mass is 947 g/mol. The van der Waals surface area contributed by atoms with Crippen LogP contribution in [0.5, 0.6) is 0 Å². The van der Waals surface area contributed by atoms with Gasteiger partial charge < -0.3 is 14.6 Å². The van der Waals surface area contributed by atoms with Gasteiger partial charge in [-0.25, -0.2) is 0 Å². The summed E-state index contributed by atoms with van der Waals surface area (Å²) in [6, 6.07) is 0. The number of aliphatic hydroxyl groups excluding tert-OH is 1. The number of carbonyl (C=O) groups is 2. The number of hydrogen-bond donors (Lipinski definition) is 1. The van der Waals surface area contributed by atoms with Crippen molar-refractivity contribution in [3.05, 3.63) is 85.1 Å². The molecular weight excluding hydrogens is 837 g/mol. The summed E-state index contributed by atoms with van der Waals surface area (Å²) in [4.78, 5) is 24.6. The summed E-state index contributed by atoms with van der Waals surface area (Å²) < 4.78 is 10.7. The van der Waals surface area contributed by atoms with E-state index in [1.807, 2.05) is 0 Å². The van der Waals surface area contributed by atoms with Gasteiger partial charge in [0.1, 0.15) is 6.61 Å². The Labute approximate surface area is 422 Å². The minimum Gasteiger partial charge on any atom is -0.462 e. The number of esters is 2. The van der Waals surface area contributed by atoms with Crippen LogP contribution in [0.25, 0.3) is 0 Å². The quantitative estimate of drug-likeness (QED) is 0.0374. The normalized spacial score (nSPS) is 12.8. The molecule has 1 atom stereocenters. The Morgan fingerprint density at radius 3 is 0.956 bits per heavy atom. The summed E-state index contributed by atoms with van der Waals surface area (Å²) in [5, 5.41) is 9.66. The van der Waals surface area contributed by atoms with E-state index in [1.165, 1.54) is 180 Å². The van der Waals surface area contributed by atoms with Crippen LogP contribution in [-0.4, -0.2) is 36.4 Å². The summed E-state index contributed by atoms with van der Waals surface area (Å²) >= 11 is 0. The van der Waals surface area contributed by atoms with E-state index in [0.29, 0.717) is 12.8 Å². The number of ether oxygens (including phenoxy) is 2. The Morgan fingerprint density at radius 2 is 0.632 bits per heavy atom. The third kappa shape index (κ3) is 55.7. The SMILES string of the molecule is CC/C=C\C/C=C\C/C=C\C/C=C\C/C=C\CCCCCCCCCCCCCCCC(=O)OC(CO)COC(=O)CCCCCCCCCCCCCCC/C=C\C/C=C\CCCCCCC. The Kier molecular flexibility index (Phi) is 55.9. The lowest BCUT2D eigenvalue weighted by Gasteiger charge is -2.15. The molecule has 0 heterocycles. The number of aliphatic hydroxyl groups is 1. The Morgan fingerprint density at radius 1 is 0.353 bits per heavy atom. The molecule has 0 bridgehead atoms. The van der Waals surface area contributed by atoms with Crippen LogP contribution in [0.2, 0.25) is 0 Å². The van der Waals surface area contributed by atoms with E-state index in [9.17, 15) is 14.7 Å². The van der Waals surface area contributed by atoms with E-state index in [0.717, 1.165) is 77.0 Å². The molecule has 5 nitrogen and oxygen atoms in total. The number of hydrogen-bond acceptors (Lipinski definition) is 5. The predicted molar refractivity (Wildman–Crippen MR) is 297 cm³/mol.